The van der Waals surface area contributed by atoms with Gasteiger partial charge in [-0.05, 0) is 131 Å². The number of aromatic nitrogens is 2. The predicted molar refractivity (Wildman–Crippen MR) is 304 cm³/mol. The van der Waals surface area contributed by atoms with E-state index >= 15 is 0 Å². The zero-order valence-electron chi connectivity index (χ0n) is 41.7. The number of amides is 2. The van der Waals surface area contributed by atoms with Gasteiger partial charge in [-0.25, -0.2) is 14.8 Å². The minimum atomic E-state index is -1.14. The topological polar surface area (TPSA) is 164 Å². The molecule has 2 aliphatic heterocycles. The predicted octanol–water partition coefficient (Wildman–Crippen LogP) is 14.1. The molecule has 3 fully saturated rings. The SMILES string of the molecule is COCCOC(=O)OC1=C(Sc2cc(Cl)ccc2Cl)C(=O)NC(c2ccsc2)(c2cccc(OCC3CCCC3)n2)C1.O=C1CC(c2ccsc2)(c2cccc(OCC3CCCC3)n2)NC(=O)C1Sc1cc(Cl)ccc1Cl. The van der Waals surface area contributed by atoms with Crippen molar-refractivity contribution in [3.8, 4) is 11.8 Å². The van der Waals surface area contributed by atoms with E-state index in [2.05, 4.69) is 10.6 Å². The van der Waals surface area contributed by atoms with Crippen LogP contribution in [0.4, 0.5) is 4.79 Å². The first-order chi connectivity index (χ1) is 37.3. The molecule has 77 heavy (non-hydrogen) atoms. The fraction of sp³-hybridized carbons (Fsp3) is 0.357. The Morgan fingerprint density at radius 1 is 0.688 bits per heavy atom. The van der Waals surface area contributed by atoms with Crippen LogP contribution in [-0.4, -0.2) is 72.5 Å². The van der Waals surface area contributed by atoms with Gasteiger partial charge in [0.05, 0.1) is 41.3 Å². The molecular formula is C56H54Cl4N4O9S4. The fourth-order valence-corrected chi connectivity index (χ4v) is 14.1. The first-order valence-corrected chi connectivity index (χ1v) is 30.2. The van der Waals surface area contributed by atoms with E-state index in [1.165, 1.54) is 68.3 Å². The molecule has 21 heteroatoms. The van der Waals surface area contributed by atoms with Crippen LogP contribution < -0.4 is 20.1 Å². The van der Waals surface area contributed by atoms with Crippen LogP contribution in [0.3, 0.4) is 0 Å². The normalized spacial score (nSPS) is 20.8. The number of Topliss-reactive ketones (excluding diaryl/α,β-unsaturated/α-hetero) is 1. The number of pyridine rings is 2. The van der Waals surface area contributed by atoms with Crippen molar-refractivity contribution in [1.29, 1.82) is 0 Å². The van der Waals surface area contributed by atoms with Crippen LogP contribution >= 0.6 is 92.6 Å². The van der Waals surface area contributed by atoms with Gasteiger partial charge in [-0.1, -0.05) is 96.0 Å². The molecule has 2 aromatic carbocycles. The number of nitrogens with zero attached hydrogens (tertiary/aromatic N) is 2. The van der Waals surface area contributed by atoms with E-state index in [0.29, 0.717) is 78.1 Å². The molecule has 4 aromatic heterocycles. The highest BCUT2D eigenvalue weighted by molar-refractivity contribution is 8.04. The van der Waals surface area contributed by atoms with Crippen LogP contribution in [0, 0.1) is 11.8 Å². The lowest BCUT2D eigenvalue weighted by Crippen LogP contribution is -2.58. The Hall–Kier alpha value is -4.82. The molecule has 0 radical (unpaired) electrons. The van der Waals surface area contributed by atoms with Crippen molar-refractivity contribution in [2.24, 2.45) is 11.8 Å². The Morgan fingerprint density at radius 3 is 1.77 bits per heavy atom. The molecule has 13 nitrogen and oxygen atoms in total. The molecule has 1 saturated heterocycles. The standard InChI is InChI=1S/C30H30Cl2N2O6S2.C26H24Cl2N2O3S2/c1-37-12-13-38-29(36)40-23-16-30(20-11-14-41-18-20,25-7-4-8-26(33-25)39-17-19-5-2-3-6-19)34-28(35)27(23)42-24-15-21(31)9-10-22(24)32;27-18-8-9-19(28)21(12-18)35-24-20(31)13-26(30-25(24)32,17-10-11-34-15-17)22-6-3-7-23(29-22)33-14-16-4-1-2-5-16/h4,7-11,14-15,18-19H,2-3,5-6,12-13,16-17H2,1H3,(H,34,35);3,6-12,15-16,24H,1-2,4-5,13-14H2,(H,30,32). The molecule has 2 amide bonds. The summed E-state index contributed by atoms with van der Waals surface area (Å²) < 4.78 is 28.0. The van der Waals surface area contributed by atoms with Crippen molar-refractivity contribution in [3.63, 3.8) is 0 Å². The highest BCUT2D eigenvalue weighted by Crippen LogP contribution is 2.47. The monoisotopic (exact) mass is 1190 g/mol. The smallest absolute Gasteiger partial charge is 0.477 e. The maximum atomic E-state index is 13.9. The summed E-state index contributed by atoms with van der Waals surface area (Å²) in [5, 5.41) is 14.9. The summed E-state index contributed by atoms with van der Waals surface area (Å²) in [5.41, 5.74) is 0.556. The van der Waals surface area contributed by atoms with E-state index in [1.807, 2.05) is 70.1 Å². The number of rotatable bonds is 18. The second-order valence-electron chi connectivity index (χ2n) is 18.9. The van der Waals surface area contributed by atoms with E-state index in [9.17, 15) is 19.2 Å². The number of ether oxygens (including phenoxy) is 5. The number of thioether (sulfide) groups is 2. The average molecular weight is 1200 g/mol. The van der Waals surface area contributed by atoms with Crippen molar-refractivity contribution >= 4 is 116 Å². The van der Waals surface area contributed by atoms with Crippen LogP contribution in [0.2, 0.25) is 20.1 Å². The molecule has 10 rings (SSSR count). The number of ketones is 1. The Labute approximate surface area is 483 Å². The molecule has 0 bridgehead atoms. The maximum Gasteiger partial charge on any atom is 0.513 e. The highest BCUT2D eigenvalue weighted by Gasteiger charge is 2.49. The number of benzene rings is 2. The molecule has 6 aromatic rings. The van der Waals surface area contributed by atoms with Gasteiger partial charge in [-0.3, -0.25) is 14.4 Å². The molecule has 2 N–H and O–H groups in total. The molecule has 4 aliphatic rings. The summed E-state index contributed by atoms with van der Waals surface area (Å²) in [6.07, 6.45) is 8.79. The molecule has 6 heterocycles. The van der Waals surface area contributed by atoms with Crippen LogP contribution in [-0.2, 0) is 39.7 Å². The third kappa shape index (κ3) is 14.0. The summed E-state index contributed by atoms with van der Waals surface area (Å²) in [6.45, 7) is 1.42. The summed E-state index contributed by atoms with van der Waals surface area (Å²) in [5.74, 6) is 1.12. The van der Waals surface area contributed by atoms with E-state index in [4.69, 9.17) is 80.1 Å². The average Bonchev–Trinajstić information content (AvgIpc) is 4.31. The lowest BCUT2D eigenvalue weighted by Gasteiger charge is -2.39. The van der Waals surface area contributed by atoms with Gasteiger partial charge in [-0.15, -0.1) is 11.8 Å². The number of carbonyl (C=O) groups is 4. The number of methoxy groups -OCH3 is 1. The van der Waals surface area contributed by atoms with E-state index in [0.717, 1.165) is 47.5 Å². The third-order valence-corrected chi connectivity index (χ3v) is 18.9. The number of halogens is 4. The number of carbonyl (C=O) groups excluding carboxylic acids is 4. The third-order valence-electron chi connectivity index (χ3n) is 13.7. The molecule has 2 saturated carbocycles. The van der Waals surface area contributed by atoms with Crippen LogP contribution in [0.25, 0.3) is 0 Å². The molecular weight excluding hydrogens is 1140 g/mol. The number of nitrogens with one attached hydrogen (secondary N) is 2. The minimum Gasteiger partial charge on any atom is -0.477 e. The van der Waals surface area contributed by atoms with Crippen molar-refractivity contribution < 1.29 is 42.9 Å². The van der Waals surface area contributed by atoms with Gasteiger partial charge in [0.15, 0.2) is 5.78 Å². The maximum absolute atomic E-state index is 13.9. The number of hydrogen-bond donors (Lipinski definition) is 2. The van der Waals surface area contributed by atoms with Gasteiger partial charge in [-0.2, -0.15) is 22.7 Å². The van der Waals surface area contributed by atoms with Crippen molar-refractivity contribution in [2.75, 3.05) is 33.5 Å². The fourth-order valence-electron chi connectivity index (χ4n) is 9.76. The van der Waals surface area contributed by atoms with E-state index in [1.54, 1.807) is 36.4 Å². The van der Waals surface area contributed by atoms with Crippen molar-refractivity contribution in [1.82, 2.24) is 20.6 Å². The zero-order chi connectivity index (χ0) is 53.9. The van der Waals surface area contributed by atoms with Crippen LogP contribution in [0.15, 0.2) is 127 Å². The largest absolute Gasteiger partial charge is 0.513 e. The lowest BCUT2D eigenvalue weighted by atomic mass is 9.79. The van der Waals surface area contributed by atoms with Gasteiger partial charge < -0.3 is 34.3 Å². The number of hydrogen-bond acceptors (Lipinski definition) is 15. The first-order valence-electron chi connectivity index (χ1n) is 25.1. The Morgan fingerprint density at radius 2 is 1.23 bits per heavy atom. The second kappa shape index (κ2) is 26.4. The minimum absolute atomic E-state index is 0.00495. The number of thiophene rings is 2. The summed E-state index contributed by atoms with van der Waals surface area (Å²) in [4.78, 5) is 64.4. The van der Waals surface area contributed by atoms with Crippen molar-refractivity contribution in [2.45, 2.75) is 90.3 Å². The highest BCUT2D eigenvalue weighted by atomic mass is 35.5. The van der Waals surface area contributed by atoms with E-state index in [-0.39, 0.29) is 48.4 Å². The lowest BCUT2D eigenvalue weighted by molar-refractivity contribution is -0.133. The first kappa shape index (κ1) is 56.9. The van der Waals surface area contributed by atoms with Crippen molar-refractivity contribution in [3.05, 3.63) is 160 Å². The second-order valence-corrected chi connectivity index (χ2v) is 24.4. The van der Waals surface area contributed by atoms with Gasteiger partial charge in [0.1, 0.15) is 33.6 Å². The van der Waals surface area contributed by atoms with Gasteiger partial charge in [0.25, 0.3) is 5.91 Å². The molecule has 404 valence electrons. The van der Waals surface area contributed by atoms with Gasteiger partial charge in [0.2, 0.25) is 17.7 Å². The van der Waals surface area contributed by atoms with E-state index < -0.39 is 28.4 Å². The quantitative estimate of drug-likeness (QED) is 0.0475. The summed E-state index contributed by atoms with van der Waals surface area (Å²) >= 11 is 30.2. The summed E-state index contributed by atoms with van der Waals surface area (Å²) in [6, 6.07) is 24.8. The van der Waals surface area contributed by atoms with Gasteiger partial charge in [0, 0.05) is 51.9 Å². The zero-order valence-corrected chi connectivity index (χ0v) is 48.0. The molecule has 3 atom stereocenters. The Kier molecular flexibility index (Phi) is 19.5. The van der Waals surface area contributed by atoms with Crippen LogP contribution in [0.5, 0.6) is 11.8 Å². The number of piperidine rings is 1. The molecule has 2 aliphatic carbocycles. The Bertz CT molecular complexity index is 3060. The van der Waals surface area contributed by atoms with Crippen LogP contribution in [0.1, 0.15) is 86.7 Å². The molecule has 3 unspecified atom stereocenters. The molecule has 0 spiro atoms. The van der Waals surface area contributed by atoms with Gasteiger partial charge >= 0.3 is 6.16 Å². The Balaban J connectivity index is 0.000000191. The summed E-state index contributed by atoms with van der Waals surface area (Å²) in [7, 11) is 1.50.